The molecule has 0 saturated carbocycles. The second kappa shape index (κ2) is 13.5. The Morgan fingerprint density at radius 1 is 1.22 bits per heavy atom. The number of nitrogens with two attached hydrogens (primary N) is 1. The molecule has 5 rings (SSSR count). The van der Waals surface area contributed by atoms with Crippen LogP contribution in [0.15, 0.2) is 30.7 Å². The number of nitrogens with one attached hydrogen (secondary N) is 1. The number of amides is 2. The molecule has 0 bridgehead atoms. The van der Waals surface area contributed by atoms with Gasteiger partial charge in [0, 0.05) is 40.7 Å². The SMILES string of the molecule is Cc1c(-c2[nH]c3ccc(C4CCN(CC(N)=O)CC4)cc3c2C(C)C)cn2nc[n+](COC(=O)N(C)CCOP(=O)(O)O)c2c1C. The number of likely N-dealkylation sites (tertiary alicyclic amines) is 1. The first-order chi connectivity index (χ1) is 21.7. The number of pyridine rings is 1. The number of aromatic amines is 1. The zero-order chi connectivity index (χ0) is 33.3. The highest BCUT2D eigenvalue weighted by atomic mass is 31.2. The lowest BCUT2D eigenvalue weighted by Gasteiger charge is -2.31. The number of aromatic nitrogens is 4. The van der Waals surface area contributed by atoms with E-state index in [9.17, 15) is 14.2 Å². The number of hydrogen-bond acceptors (Lipinski definition) is 7. The third kappa shape index (κ3) is 7.26. The van der Waals surface area contributed by atoms with Crippen molar-refractivity contribution in [2.45, 2.75) is 59.1 Å². The quantitative estimate of drug-likeness (QED) is 0.139. The molecule has 5 N–H and O–H groups in total. The van der Waals surface area contributed by atoms with Crippen LogP contribution in [-0.4, -0.2) is 86.0 Å². The molecule has 0 radical (unpaired) electrons. The zero-order valence-electron chi connectivity index (χ0n) is 26.9. The van der Waals surface area contributed by atoms with Gasteiger partial charge in [-0.05, 0) is 80.4 Å². The van der Waals surface area contributed by atoms with Crippen molar-refractivity contribution in [2.75, 3.05) is 39.8 Å². The molecule has 1 aliphatic heterocycles. The van der Waals surface area contributed by atoms with Crippen molar-refractivity contribution >= 4 is 36.4 Å². The molecule has 2 amide bonds. The van der Waals surface area contributed by atoms with Crippen LogP contribution in [0.3, 0.4) is 0 Å². The number of phosphoric acid groups is 1. The molecule has 4 aromatic rings. The number of ether oxygens (including phenoxy) is 1. The number of benzene rings is 1. The Hall–Kier alpha value is -3.81. The molecule has 1 fully saturated rings. The summed E-state index contributed by atoms with van der Waals surface area (Å²) in [7, 11) is -3.16. The molecule has 46 heavy (non-hydrogen) atoms. The van der Waals surface area contributed by atoms with Gasteiger partial charge in [-0.2, -0.15) is 4.57 Å². The first kappa shape index (κ1) is 33.6. The number of piperidine rings is 1. The van der Waals surface area contributed by atoms with Crippen molar-refractivity contribution in [1.29, 1.82) is 0 Å². The Morgan fingerprint density at radius 3 is 2.59 bits per heavy atom. The molecule has 14 nitrogen and oxygen atoms in total. The average Bonchev–Trinajstić information content (AvgIpc) is 3.58. The fourth-order valence-corrected chi connectivity index (χ4v) is 6.66. The van der Waals surface area contributed by atoms with Crippen molar-refractivity contribution in [3.63, 3.8) is 0 Å². The van der Waals surface area contributed by atoms with Crippen LogP contribution in [0.1, 0.15) is 60.8 Å². The van der Waals surface area contributed by atoms with Gasteiger partial charge in [0.15, 0.2) is 0 Å². The topological polar surface area (TPSA) is 180 Å². The van der Waals surface area contributed by atoms with E-state index in [2.05, 4.69) is 58.5 Å². The first-order valence-corrected chi connectivity index (χ1v) is 16.9. The Bertz CT molecular complexity index is 1800. The fourth-order valence-electron chi connectivity index (χ4n) is 6.34. The van der Waals surface area contributed by atoms with Gasteiger partial charge >= 0.3 is 13.9 Å². The smallest absolute Gasteiger partial charge is 0.415 e. The van der Waals surface area contributed by atoms with E-state index < -0.39 is 13.9 Å². The van der Waals surface area contributed by atoms with Crippen LogP contribution >= 0.6 is 7.82 Å². The normalized spacial score (nSPS) is 14.9. The monoisotopic (exact) mass is 656 g/mol. The van der Waals surface area contributed by atoms with Gasteiger partial charge in [0.2, 0.25) is 12.6 Å². The molecule has 0 unspecified atom stereocenters. The standard InChI is InChI=1S/C31H42N7O7P/c1-19(2)28-24-14-23(22-8-10-36(11-9-22)16-27(32)39)6-7-26(24)34-29(28)25-15-38-30(21(4)20(25)3)37(17-33-38)18-44-31(40)35(5)12-13-45-46(41,42)43/h6-7,14-15,17,19,22,34H,8-13,16,18H2,1-5H3,(H3-,32,39,41,42,43)/p+1. The molecular weight excluding hydrogens is 613 g/mol. The molecule has 248 valence electrons. The van der Waals surface area contributed by atoms with E-state index in [1.165, 1.54) is 28.5 Å². The van der Waals surface area contributed by atoms with Crippen LogP contribution < -0.4 is 10.3 Å². The van der Waals surface area contributed by atoms with Crippen LogP contribution in [0.5, 0.6) is 0 Å². The van der Waals surface area contributed by atoms with Gasteiger partial charge in [0.1, 0.15) is 6.20 Å². The maximum Gasteiger partial charge on any atom is 0.469 e. The molecule has 3 aromatic heterocycles. The highest BCUT2D eigenvalue weighted by Gasteiger charge is 2.26. The zero-order valence-corrected chi connectivity index (χ0v) is 27.8. The van der Waals surface area contributed by atoms with Crippen molar-refractivity contribution in [3.8, 4) is 11.3 Å². The van der Waals surface area contributed by atoms with Gasteiger partial charge in [-0.15, -0.1) is 0 Å². The summed E-state index contributed by atoms with van der Waals surface area (Å²) in [5.74, 6) is 0.388. The number of nitrogens with zero attached hydrogens (tertiary/aromatic N) is 5. The van der Waals surface area contributed by atoms with E-state index in [0.29, 0.717) is 12.5 Å². The number of fused-ring (bicyclic) bond motifs is 2. The molecule has 15 heteroatoms. The molecule has 1 saturated heterocycles. The molecular formula is C31H43N7O7P+. The van der Waals surface area contributed by atoms with Gasteiger partial charge in [-0.1, -0.05) is 24.4 Å². The second-order valence-electron chi connectivity index (χ2n) is 12.3. The molecule has 4 heterocycles. The largest absolute Gasteiger partial charge is 0.469 e. The number of hydrogen-bond donors (Lipinski definition) is 4. The number of H-pyrrole nitrogens is 1. The number of phosphoric ester groups is 1. The minimum atomic E-state index is -4.61. The van der Waals surface area contributed by atoms with E-state index >= 15 is 0 Å². The predicted molar refractivity (Wildman–Crippen MR) is 171 cm³/mol. The summed E-state index contributed by atoms with van der Waals surface area (Å²) < 4.78 is 24.2. The van der Waals surface area contributed by atoms with Gasteiger partial charge in [0.25, 0.3) is 12.0 Å². The Kier molecular flexibility index (Phi) is 9.85. The molecule has 1 aromatic carbocycles. The van der Waals surface area contributed by atoms with E-state index in [-0.39, 0.29) is 31.7 Å². The van der Waals surface area contributed by atoms with E-state index in [1.54, 1.807) is 15.4 Å². The summed E-state index contributed by atoms with van der Waals surface area (Å²) in [5, 5.41) is 5.76. The van der Waals surface area contributed by atoms with Gasteiger partial charge in [-0.25, -0.2) is 9.36 Å². The Morgan fingerprint density at radius 2 is 1.93 bits per heavy atom. The number of carbonyl (C=O) groups excluding carboxylic acids is 2. The van der Waals surface area contributed by atoms with E-state index in [0.717, 1.165) is 59.5 Å². The first-order valence-electron chi connectivity index (χ1n) is 15.3. The third-order valence-corrected chi connectivity index (χ3v) is 9.35. The summed E-state index contributed by atoms with van der Waals surface area (Å²) in [6.07, 6.45) is 4.90. The Balaban J connectivity index is 1.39. The van der Waals surface area contributed by atoms with Crippen molar-refractivity contribution < 1.29 is 37.8 Å². The average molecular weight is 657 g/mol. The molecule has 1 aliphatic rings. The highest BCUT2D eigenvalue weighted by molar-refractivity contribution is 7.46. The Labute approximate surface area is 267 Å². The number of aryl methyl sites for hydroxylation is 1. The second-order valence-corrected chi connectivity index (χ2v) is 13.6. The van der Waals surface area contributed by atoms with Gasteiger partial charge in [-0.3, -0.25) is 14.2 Å². The molecule has 0 atom stereocenters. The maximum absolute atomic E-state index is 12.5. The summed E-state index contributed by atoms with van der Waals surface area (Å²) >= 11 is 0. The third-order valence-electron chi connectivity index (χ3n) is 8.83. The van der Waals surface area contributed by atoms with Crippen LogP contribution in [0.4, 0.5) is 4.79 Å². The predicted octanol–water partition coefficient (Wildman–Crippen LogP) is 3.31. The minimum Gasteiger partial charge on any atom is -0.415 e. The molecule has 0 spiro atoms. The summed E-state index contributed by atoms with van der Waals surface area (Å²) in [6.45, 7) is 10.0. The summed E-state index contributed by atoms with van der Waals surface area (Å²) in [5.41, 5.74) is 13.9. The van der Waals surface area contributed by atoms with Crippen LogP contribution in [-0.2, 0) is 25.4 Å². The molecule has 0 aliphatic carbocycles. The van der Waals surface area contributed by atoms with Crippen LogP contribution in [0.25, 0.3) is 27.8 Å². The van der Waals surface area contributed by atoms with Crippen molar-refractivity contribution in [3.05, 3.63) is 53.0 Å². The minimum absolute atomic E-state index is 0.0503. The lowest BCUT2D eigenvalue weighted by Crippen LogP contribution is -2.39. The lowest BCUT2D eigenvalue weighted by molar-refractivity contribution is -0.704. The number of carbonyl (C=O) groups is 2. The van der Waals surface area contributed by atoms with E-state index in [1.807, 2.05) is 13.1 Å². The lowest BCUT2D eigenvalue weighted by atomic mass is 9.87. The van der Waals surface area contributed by atoms with Gasteiger partial charge < -0.3 is 30.1 Å². The van der Waals surface area contributed by atoms with Crippen molar-refractivity contribution in [1.82, 2.24) is 24.4 Å². The van der Waals surface area contributed by atoms with Crippen molar-refractivity contribution in [2.24, 2.45) is 5.73 Å². The number of rotatable bonds is 11. The summed E-state index contributed by atoms with van der Waals surface area (Å²) in [6, 6.07) is 6.70. The number of likely N-dealkylation sites (N-methyl/N-ethyl adjacent to an activating group) is 1. The maximum atomic E-state index is 12.5. The van der Waals surface area contributed by atoms with Crippen LogP contribution in [0.2, 0.25) is 0 Å². The summed E-state index contributed by atoms with van der Waals surface area (Å²) in [4.78, 5) is 48.5. The number of primary amides is 1. The highest BCUT2D eigenvalue weighted by Crippen LogP contribution is 2.40. The fraction of sp³-hybridized carbons (Fsp3) is 0.484. The van der Waals surface area contributed by atoms with Crippen LogP contribution in [0, 0.1) is 13.8 Å². The van der Waals surface area contributed by atoms with E-state index in [4.69, 9.17) is 20.3 Å². The van der Waals surface area contributed by atoms with Gasteiger partial charge in [0.05, 0.1) is 18.8 Å².